The van der Waals surface area contributed by atoms with Gasteiger partial charge in [0, 0.05) is 37.3 Å². The molecule has 6 heteroatoms. The zero-order valence-corrected chi connectivity index (χ0v) is 12.7. The van der Waals surface area contributed by atoms with E-state index in [2.05, 4.69) is 9.97 Å². The lowest BCUT2D eigenvalue weighted by molar-refractivity contribution is -0.142. The van der Waals surface area contributed by atoms with E-state index >= 15 is 0 Å². The second kappa shape index (κ2) is 6.36. The van der Waals surface area contributed by atoms with Gasteiger partial charge in [0.25, 0.3) is 0 Å². The van der Waals surface area contributed by atoms with E-state index < -0.39 is 13.0 Å². The molecule has 1 fully saturated rings. The fourth-order valence-electron chi connectivity index (χ4n) is 2.36. The van der Waals surface area contributed by atoms with Crippen molar-refractivity contribution >= 4 is 22.7 Å². The van der Waals surface area contributed by atoms with Crippen LogP contribution in [-0.2, 0) is 16.0 Å². The molecule has 1 aromatic carbocycles. The van der Waals surface area contributed by atoms with Crippen LogP contribution in [0.5, 0.6) is 0 Å². The number of carbonyl (C=O) groups is 1. The summed E-state index contributed by atoms with van der Waals surface area (Å²) < 4.78 is 37.3. The number of esters is 1. The Bertz CT molecular complexity index is 806. The molecule has 0 radical (unpaired) electrons. The first kappa shape index (κ1) is 10.6. The third-order valence-electron chi connectivity index (χ3n) is 3.49. The van der Waals surface area contributed by atoms with E-state index in [1.807, 2.05) is 0 Å². The fraction of sp³-hybridized carbons (Fsp3) is 0.500. The van der Waals surface area contributed by atoms with Gasteiger partial charge < -0.3 is 19.5 Å². The van der Waals surface area contributed by atoms with Gasteiger partial charge in [0.1, 0.15) is 12.2 Å². The number of anilines is 1. The number of rotatable bonds is 4. The van der Waals surface area contributed by atoms with Gasteiger partial charge in [-0.3, -0.25) is 4.79 Å². The Hall–Kier alpha value is -2.08. The number of fused-ring (bicyclic) bond motifs is 1. The fourth-order valence-corrected chi connectivity index (χ4v) is 2.36. The third kappa shape index (κ3) is 3.22. The lowest BCUT2D eigenvalue weighted by Gasteiger charge is -2.34. The van der Waals surface area contributed by atoms with Gasteiger partial charge in [-0.2, -0.15) is 0 Å². The summed E-state index contributed by atoms with van der Waals surface area (Å²) in [5.74, 6) is 0.145. The summed E-state index contributed by atoms with van der Waals surface area (Å²) in [6.45, 7) is -1.41. The number of benzene rings is 1. The maximum absolute atomic E-state index is 11.6. The normalized spacial score (nSPS) is 23.5. The van der Waals surface area contributed by atoms with Gasteiger partial charge in [-0.1, -0.05) is 0 Å². The number of hydrogen-bond donors (Lipinski definition) is 1. The topological polar surface area (TPSA) is 61.5 Å². The zero-order chi connectivity index (χ0) is 19.1. The molecule has 1 aliphatic rings. The number of likely N-dealkylation sites (N-methyl/N-ethyl adjacent to an activating group) is 1. The monoisotopic (exact) mass is 306 g/mol. The molecule has 0 saturated carbocycles. The molecule has 3 rings (SSSR count). The predicted octanol–water partition coefficient (Wildman–Crippen LogP) is 1.42. The zero-order valence-electron chi connectivity index (χ0n) is 16.7. The van der Waals surface area contributed by atoms with Crippen molar-refractivity contribution in [2.24, 2.45) is 0 Å². The standard InChI is InChI=1S/C16H22N4O2/c1-3-22-16(21)11-15-17-13-5-4-12(10-14(13)18-15)20-8-6-19(2)7-9-20/h4-5,10H,3,6-9,11H2,1-2H3,(H,17,18)/i6D2,7D2. The molecule has 1 aliphatic heterocycles. The van der Waals surface area contributed by atoms with Crippen molar-refractivity contribution in [1.29, 1.82) is 0 Å². The Labute approximate surface area is 135 Å². The smallest absolute Gasteiger partial charge is 0.313 e. The van der Waals surface area contributed by atoms with Crippen molar-refractivity contribution in [1.82, 2.24) is 14.9 Å². The Kier molecular flexibility index (Phi) is 3.07. The first-order valence-corrected chi connectivity index (χ1v) is 7.25. The van der Waals surface area contributed by atoms with E-state index in [0.29, 0.717) is 29.2 Å². The number of nitrogens with one attached hydrogen (secondary N) is 1. The van der Waals surface area contributed by atoms with Crippen LogP contribution in [-0.4, -0.2) is 60.6 Å². The van der Waals surface area contributed by atoms with Crippen LogP contribution in [0.1, 0.15) is 18.2 Å². The van der Waals surface area contributed by atoms with Gasteiger partial charge >= 0.3 is 5.97 Å². The molecule has 0 bridgehead atoms. The van der Waals surface area contributed by atoms with Gasteiger partial charge in [0.05, 0.1) is 17.6 Å². The lowest BCUT2D eigenvalue weighted by atomic mass is 10.2. The quantitative estimate of drug-likeness (QED) is 0.866. The average Bonchev–Trinajstić information content (AvgIpc) is 2.93. The van der Waals surface area contributed by atoms with Crippen LogP contribution in [0, 0.1) is 0 Å². The summed E-state index contributed by atoms with van der Waals surface area (Å²) in [6, 6.07) is 5.36. The van der Waals surface area contributed by atoms with Crippen LogP contribution in [0.2, 0.25) is 0 Å². The van der Waals surface area contributed by atoms with E-state index in [1.54, 1.807) is 30.0 Å². The Morgan fingerprint density at radius 1 is 1.45 bits per heavy atom. The minimum atomic E-state index is -1.79. The van der Waals surface area contributed by atoms with Gasteiger partial charge in [0.2, 0.25) is 0 Å². The Balaban J connectivity index is 1.86. The average molecular weight is 306 g/mol. The molecule has 1 saturated heterocycles. The minimum absolute atomic E-state index is 0.0530. The summed E-state index contributed by atoms with van der Waals surface area (Å²) >= 11 is 0. The van der Waals surface area contributed by atoms with E-state index in [9.17, 15) is 4.79 Å². The second-order valence-electron chi connectivity index (χ2n) is 5.10. The van der Waals surface area contributed by atoms with Crippen molar-refractivity contribution < 1.29 is 15.0 Å². The van der Waals surface area contributed by atoms with Gasteiger partial charge in [-0.15, -0.1) is 0 Å². The molecule has 2 aromatic rings. The number of nitrogens with zero attached hydrogens (tertiary/aromatic N) is 3. The molecular weight excluding hydrogens is 280 g/mol. The number of ether oxygens (including phenoxy) is 1. The molecule has 0 amide bonds. The number of H-pyrrole nitrogens is 1. The van der Waals surface area contributed by atoms with Crippen molar-refractivity contribution in [3.05, 3.63) is 24.0 Å². The molecule has 0 spiro atoms. The SMILES string of the molecule is [2H]C1([2H])CN(c2ccc3nc(CC(=O)OCC)[nH]c3c2)CC([2H])([2H])N1C. The number of hydrogen-bond acceptors (Lipinski definition) is 5. The van der Waals surface area contributed by atoms with Crippen LogP contribution < -0.4 is 4.90 Å². The highest BCUT2D eigenvalue weighted by molar-refractivity contribution is 5.81. The lowest BCUT2D eigenvalue weighted by Crippen LogP contribution is -2.44. The highest BCUT2D eigenvalue weighted by Crippen LogP contribution is 2.22. The molecular formula is C16H22N4O2. The first-order chi connectivity index (χ1) is 12.1. The largest absolute Gasteiger partial charge is 0.466 e. The van der Waals surface area contributed by atoms with Gasteiger partial charge in [-0.25, -0.2) is 4.98 Å². The number of aromatic amines is 1. The summed E-state index contributed by atoms with van der Waals surface area (Å²) in [5.41, 5.74) is 2.10. The van der Waals surface area contributed by atoms with Crippen molar-refractivity contribution in [3.63, 3.8) is 0 Å². The van der Waals surface area contributed by atoms with Gasteiger partial charge in [-0.05, 0) is 32.2 Å². The summed E-state index contributed by atoms with van der Waals surface area (Å²) in [5, 5.41) is 0. The number of imidazole rings is 1. The molecule has 118 valence electrons. The number of carbonyl (C=O) groups excluding carboxylic acids is 1. The molecule has 0 unspecified atom stereocenters. The highest BCUT2D eigenvalue weighted by atomic mass is 16.5. The summed E-state index contributed by atoms with van der Waals surface area (Å²) in [4.78, 5) is 21.8. The summed E-state index contributed by atoms with van der Waals surface area (Å²) in [6.07, 6.45) is 0.0530. The van der Waals surface area contributed by atoms with E-state index in [-0.39, 0.29) is 25.5 Å². The second-order valence-corrected chi connectivity index (χ2v) is 5.10. The molecule has 0 atom stereocenters. The maximum atomic E-state index is 11.6. The predicted molar refractivity (Wildman–Crippen MR) is 86.1 cm³/mol. The Morgan fingerprint density at radius 3 is 2.95 bits per heavy atom. The molecule has 22 heavy (non-hydrogen) atoms. The Morgan fingerprint density at radius 2 is 2.23 bits per heavy atom. The first-order valence-electron chi connectivity index (χ1n) is 9.25. The van der Waals surface area contributed by atoms with Crippen molar-refractivity contribution in [3.8, 4) is 0 Å². The van der Waals surface area contributed by atoms with E-state index in [4.69, 9.17) is 10.2 Å². The van der Waals surface area contributed by atoms with Gasteiger partial charge in [0.15, 0.2) is 0 Å². The summed E-state index contributed by atoms with van der Waals surface area (Å²) in [7, 11) is 1.46. The highest BCUT2D eigenvalue weighted by Gasteiger charge is 2.15. The van der Waals surface area contributed by atoms with Crippen molar-refractivity contribution in [2.45, 2.75) is 13.3 Å². The third-order valence-corrected chi connectivity index (χ3v) is 3.49. The van der Waals surface area contributed by atoms with Crippen LogP contribution in [0.15, 0.2) is 18.2 Å². The van der Waals surface area contributed by atoms with Crippen LogP contribution in [0.4, 0.5) is 5.69 Å². The maximum Gasteiger partial charge on any atom is 0.313 e. The van der Waals surface area contributed by atoms with Crippen LogP contribution in [0.3, 0.4) is 0 Å². The number of piperazine rings is 1. The van der Waals surface area contributed by atoms with E-state index in [1.165, 1.54) is 7.05 Å². The molecule has 2 heterocycles. The van der Waals surface area contributed by atoms with E-state index in [0.717, 1.165) is 4.90 Å². The van der Waals surface area contributed by atoms with Crippen LogP contribution >= 0.6 is 0 Å². The van der Waals surface area contributed by atoms with Crippen molar-refractivity contribution in [2.75, 3.05) is 44.6 Å². The molecule has 1 aromatic heterocycles. The minimum Gasteiger partial charge on any atom is -0.466 e. The molecule has 1 N–H and O–H groups in total. The number of aromatic nitrogens is 2. The van der Waals surface area contributed by atoms with Crippen LogP contribution in [0.25, 0.3) is 11.0 Å². The molecule has 6 nitrogen and oxygen atoms in total. The molecule has 0 aliphatic carbocycles.